The van der Waals surface area contributed by atoms with E-state index in [0.29, 0.717) is 24.5 Å². The highest BCUT2D eigenvalue weighted by atomic mass is 16.6. The third-order valence-corrected chi connectivity index (χ3v) is 4.69. The Morgan fingerprint density at radius 1 is 1.35 bits per heavy atom. The van der Waals surface area contributed by atoms with Gasteiger partial charge >= 0.3 is 5.97 Å². The number of ether oxygens (including phenoxy) is 1. The third kappa shape index (κ3) is 4.11. The minimum absolute atomic E-state index is 0.0288. The van der Waals surface area contributed by atoms with Crippen LogP contribution in [0.5, 0.6) is 0 Å². The van der Waals surface area contributed by atoms with Crippen LogP contribution >= 0.6 is 0 Å². The number of benzene rings is 1. The van der Waals surface area contributed by atoms with E-state index in [0.717, 1.165) is 31.7 Å². The van der Waals surface area contributed by atoms with Crippen molar-refractivity contribution >= 4 is 11.7 Å². The topological polar surface area (TPSA) is 87.0 Å². The predicted octanol–water partition coefficient (Wildman–Crippen LogP) is 2.21. The summed E-state index contributed by atoms with van der Waals surface area (Å²) < 4.78 is 11.0. The van der Waals surface area contributed by atoms with Crippen molar-refractivity contribution in [2.45, 2.75) is 26.3 Å². The number of nitrogens with one attached hydrogen (secondary N) is 1. The van der Waals surface area contributed by atoms with Gasteiger partial charge in [-0.1, -0.05) is 12.1 Å². The number of hydrogen-bond donors (Lipinski definition) is 1. The zero-order valence-electron chi connectivity index (χ0n) is 14.8. The van der Waals surface area contributed by atoms with Crippen LogP contribution in [0.25, 0.3) is 11.3 Å². The number of carbonyl (C=O) groups is 1. The lowest BCUT2D eigenvalue weighted by Crippen LogP contribution is -3.12. The molecule has 0 bridgehead atoms. The molecule has 2 atom stereocenters. The molecule has 7 heteroatoms. The second-order valence-corrected chi connectivity index (χ2v) is 6.51. The molecular formula is C19H23N2O5+. The number of likely N-dealkylation sites (tertiary alicyclic amines) is 1. The Bertz CT molecular complexity index is 786. The van der Waals surface area contributed by atoms with Crippen molar-refractivity contribution in [2.24, 2.45) is 5.92 Å². The van der Waals surface area contributed by atoms with Crippen molar-refractivity contribution < 1.29 is 23.8 Å². The first-order valence-electron chi connectivity index (χ1n) is 8.91. The van der Waals surface area contributed by atoms with Gasteiger partial charge in [0.25, 0.3) is 5.69 Å². The number of piperidine rings is 1. The van der Waals surface area contributed by atoms with Gasteiger partial charge in [-0.3, -0.25) is 14.9 Å². The van der Waals surface area contributed by atoms with E-state index >= 15 is 0 Å². The molecule has 1 aliphatic heterocycles. The molecule has 1 aromatic heterocycles. The quantitative estimate of drug-likeness (QED) is 0.485. The summed E-state index contributed by atoms with van der Waals surface area (Å²) in [5.74, 6) is 1.07. The van der Waals surface area contributed by atoms with Gasteiger partial charge in [0, 0.05) is 6.07 Å². The first kappa shape index (κ1) is 18.1. The monoisotopic (exact) mass is 359 g/mol. The van der Waals surface area contributed by atoms with Gasteiger partial charge in [-0.05, 0) is 38.0 Å². The highest BCUT2D eigenvalue weighted by Gasteiger charge is 2.30. The molecule has 0 saturated carbocycles. The molecule has 3 rings (SSSR count). The zero-order valence-corrected chi connectivity index (χ0v) is 14.8. The Labute approximate surface area is 151 Å². The number of carbonyl (C=O) groups excluding carboxylic acids is 1. The van der Waals surface area contributed by atoms with Crippen molar-refractivity contribution in [3.8, 4) is 11.3 Å². The molecule has 2 aromatic rings. The van der Waals surface area contributed by atoms with Crippen LogP contribution in [0.15, 0.2) is 40.8 Å². The molecule has 0 amide bonds. The van der Waals surface area contributed by atoms with E-state index in [1.165, 1.54) is 11.0 Å². The van der Waals surface area contributed by atoms with E-state index in [9.17, 15) is 14.9 Å². The second-order valence-electron chi connectivity index (χ2n) is 6.51. The first-order valence-corrected chi connectivity index (χ1v) is 8.91. The number of rotatable bonds is 6. The number of hydrogen-bond acceptors (Lipinski definition) is 5. The standard InChI is InChI=1S/C19H22N2O5/c1-2-25-19(22)14-6-5-11-20(12-14)13-15-9-10-18(26-15)16-7-3-4-8-17(16)21(23)24/h3-4,7-10,14H,2,5-6,11-13H2,1H3/p+1/t14-/m0/s1. The second kappa shape index (κ2) is 8.14. The molecule has 1 aliphatic rings. The van der Waals surface area contributed by atoms with Crippen LogP contribution in [-0.2, 0) is 16.1 Å². The predicted molar refractivity (Wildman–Crippen MR) is 94.6 cm³/mol. The Morgan fingerprint density at radius 2 is 2.15 bits per heavy atom. The number of furan rings is 1. The third-order valence-electron chi connectivity index (χ3n) is 4.69. The molecule has 1 unspecified atom stereocenters. The van der Waals surface area contributed by atoms with Crippen molar-refractivity contribution in [3.05, 3.63) is 52.3 Å². The van der Waals surface area contributed by atoms with E-state index < -0.39 is 4.92 Å². The number of nitro groups is 1. The summed E-state index contributed by atoms with van der Waals surface area (Å²) in [4.78, 5) is 24.0. The normalized spacial score (nSPS) is 19.9. The molecule has 7 nitrogen and oxygen atoms in total. The van der Waals surface area contributed by atoms with E-state index in [1.807, 2.05) is 13.0 Å². The first-order chi connectivity index (χ1) is 12.6. The number of nitrogens with zero attached hydrogens (tertiary/aromatic N) is 1. The van der Waals surface area contributed by atoms with Gasteiger partial charge in [0.15, 0.2) is 5.76 Å². The zero-order chi connectivity index (χ0) is 18.5. The fraction of sp³-hybridized carbons (Fsp3) is 0.421. The number of quaternary nitrogens is 1. The van der Waals surface area contributed by atoms with Crippen LogP contribution in [0.3, 0.4) is 0 Å². The van der Waals surface area contributed by atoms with Gasteiger partial charge in [-0.2, -0.15) is 0 Å². The number of nitro benzene ring substituents is 1. The Kier molecular flexibility index (Phi) is 5.68. The maximum atomic E-state index is 12.0. The van der Waals surface area contributed by atoms with E-state index in [4.69, 9.17) is 9.15 Å². The summed E-state index contributed by atoms with van der Waals surface area (Å²) in [6.45, 7) is 4.56. The minimum atomic E-state index is -0.405. The summed E-state index contributed by atoms with van der Waals surface area (Å²) in [7, 11) is 0. The summed E-state index contributed by atoms with van der Waals surface area (Å²) in [6.07, 6.45) is 1.83. The van der Waals surface area contributed by atoms with Gasteiger partial charge in [0.05, 0.1) is 30.2 Å². The van der Waals surface area contributed by atoms with Crippen LogP contribution in [-0.4, -0.2) is 30.6 Å². The van der Waals surface area contributed by atoms with Crippen molar-refractivity contribution in [1.29, 1.82) is 0 Å². The van der Waals surface area contributed by atoms with Gasteiger partial charge in [-0.15, -0.1) is 0 Å². The van der Waals surface area contributed by atoms with E-state index in [1.54, 1.807) is 24.3 Å². The Balaban J connectivity index is 1.69. The lowest BCUT2D eigenvalue weighted by molar-refractivity contribution is -0.922. The smallest absolute Gasteiger partial charge is 0.314 e. The molecule has 1 N–H and O–H groups in total. The van der Waals surface area contributed by atoms with Crippen LogP contribution in [0.1, 0.15) is 25.5 Å². The summed E-state index contributed by atoms with van der Waals surface area (Å²) in [6, 6.07) is 10.2. The summed E-state index contributed by atoms with van der Waals surface area (Å²) >= 11 is 0. The average molecular weight is 359 g/mol. The van der Waals surface area contributed by atoms with E-state index in [2.05, 4.69) is 0 Å². The van der Waals surface area contributed by atoms with Crippen molar-refractivity contribution in [1.82, 2.24) is 0 Å². The highest BCUT2D eigenvalue weighted by molar-refractivity contribution is 5.72. The molecule has 0 aliphatic carbocycles. The largest absolute Gasteiger partial charge is 0.466 e. The van der Waals surface area contributed by atoms with Crippen LogP contribution in [0.4, 0.5) is 5.69 Å². The van der Waals surface area contributed by atoms with Crippen LogP contribution in [0.2, 0.25) is 0 Å². The number of esters is 1. The molecule has 1 aromatic carbocycles. The SMILES string of the molecule is CCOC(=O)[C@H]1CCC[NH+](Cc2ccc(-c3ccccc3[N+](=O)[O-])o2)C1. The lowest BCUT2D eigenvalue weighted by atomic mass is 9.98. The van der Waals surface area contributed by atoms with Crippen molar-refractivity contribution in [3.63, 3.8) is 0 Å². The summed E-state index contributed by atoms with van der Waals surface area (Å²) in [5.41, 5.74) is 0.503. The molecule has 26 heavy (non-hydrogen) atoms. The van der Waals surface area contributed by atoms with Gasteiger partial charge in [0.2, 0.25) is 0 Å². The van der Waals surface area contributed by atoms with E-state index in [-0.39, 0.29) is 17.6 Å². The highest BCUT2D eigenvalue weighted by Crippen LogP contribution is 2.30. The molecular weight excluding hydrogens is 336 g/mol. The van der Waals surface area contributed by atoms with Crippen molar-refractivity contribution in [2.75, 3.05) is 19.7 Å². The molecule has 0 radical (unpaired) electrons. The molecule has 0 spiro atoms. The fourth-order valence-electron chi connectivity index (χ4n) is 3.48. The summed E-state index contributed by atoms with van der Waals surface area (Å²) in [5, 5.41) is 11.2. The number of para-hydroxylation sites is 1. The maximum Gasteiger partial charge on any atom is 0.314 e. The molecule has 1 saturated heterocycles. The minimum Gasteiger partial charge on any atom is -0.466 e. The van der Waals surface area contributed by atoms with Crippen LogP contribution in [0, 0.1) is 16.0 Å². The fourth-order valence-corrected chi connectivity index (χ4v) is 3.48. The Morgan fingerprint density at radius 3 is 2.92 bits per heavy atom. The lowest BCUT2D eigenvalue weighted by Gasteiger charge is -2.28. The molecule has 1 fully saturated rings. The van der Waals surface area contributed by atoms with Gasteiger partial charge in [0.1, 0.15) is 18.2 Å². The Hall–Kier alpha value is -2.67. The van der Waals surface area contributed by atoms with Gasteiger partial charge in [-0.25, -0.2) is 0 Å². The molecule has 2 heterocycles. The average Bonchev–Trinajstić information content (AvgIpc) is 3.10. The molecule has 138 valence electrons. The van der Waals surface area contributed by atoms with Crippen LogP contribution < -0.4 is 4.90 Å². The van der Waals surface area contributed by atoms with Gasteiger partial charge < -0.3 is 14.1 Å². The maximum absolute atomic E-state index is 12.0.